The number of carbonyl (C=O) groups excluding carboxylic acids is 1. The van der Waals surface area contributed by atoms with Crippen LogP contribution in [0, 0.1) is 0 Å². The maximum absolute atomic E-state index is 10.9. The Morgan fingerprint density at radius 2 is 1.79 bits per heavy atom. The summed E-state index contributed by atoms with van der Waals surface area (Å²) in [6.45, 7) is 1.20. The molecule has 1 rings (SSSR count). The standard InChI is InChI=1S/C11H11Cl3N2O3/c1-5(17)16-10(11(18)19)4-15-9-3-7(13)6(12)2-8(9)14/h2-3,10,15H,4H2,1H3,(H,16,17)(H,18,19). The zero-order valence-electron chi connectivity index (χ0n) is 9.84. The Morgan fingerprint density at radius 1 is 1.21 bits per heavy atom. The third-order valence-corrected chi connectivity index (χ3v) is 3.22. The number of hydrogen-bond acceptors (Lipinski definition) is 3. The van der Waals surface area contributed by atoms with E-state index in [2.05, 4.69) is 10.6 Å². The van der Waals surface area contributed by atoms with Crippen LogP contribution in [0.1, 0.15) is 6.92 Å². The van der Waals surface area contributed by atoms with Crippen LogP contribution in [0.3, 0.4) is 0 Å². The Hall–Kier alpha value is -1.17. The summed E-state index contributed by atoms with van der Waals surface area (Å²) < 4.78 is 0. The van der Waals surface area contributed by atoms with E-state index in [1.165, 1.54) is 19.1 Å². The SMILES string of the molecule is CC(=O)NC(CNc1cc(Cl)c(Cl)cc1Cl)C(=O)O. The zero-order chi connectivity index (χ0) is 14.6. The minimum Gasteiger partial charge on any atom is -0.480 e. The van der Waals surface area contributed by atoms with Gasteiger partial charge in [-0.05, 0) is 12.1 Å². The molecule has 0 saturated heterocycles. The van der Waals surface area contributed by atoms with Crippen LogP contribution in [-0.4, -0.2) is 29.6 Å². The van der Waals surface area contributed by atoms with Crippen LogP contribution in [0.15, 0.2) is 12.1 Å². The number of hydrogen-bond donors (Lipinski definition) is 3. The van der Waals surface area contributed by atoms with Gasteiger partial charge in [0.25, 0.3) is 0 Å². The molecule has 0 heterocycles. The molecule has 19 heavy (non-hydrogen) atoms. The van der Waals surface area contributed by atoms with Crippen molar-refractivity contribution in [3.05, 3.63) is 27.2 Å². The second kappa shape index (κ2) is 6.84. The van der Waals surface area contributed by atoms with E-state index >= 15 is 0 Å². The summed E-state index contributed by atoms with van der Waals surface area (Å²) in [4.78, 5) is 21.8. The van der Waals surface area contributed by atoms with Crippen LogP contribution in [0.5, 0.6) is 0 Å². The average Bonchev–Trinajstić information content (AvgIpc) is 2.29. The molecule has 0 aromatic heterocycles. The molecule has 104 valence electrons. The molecule has 0 saturated carbocycles. The fourth-order valence-corrected chi connectivity index (χ4v) is 1.93. The second-order valence-corrected chi connectivity index (χ2v) is 4.94. The Morgan fingerprint density at radius 3 is 2.32 bits per heavy atom. The largest absolute Gasteiger partial charge is 0.480 e. The maximum atomic E-state index is 10.9. The molecule has 1 unspecified atom stereocenters. The van der Waals surface area contributed by atoms with Gasteiger partial charge in [-0.25, -0.2) is 4.79 Å². The van der Waals surface area contributed by atoms with Crippen LogP contribution in [0.4, 0.5) is 5.69 Å². The van der Waals surface area contributed by atoms with Crippen LogP contribution in [-0.2, 0) is 9.59 Å². The normalized spacial score (nSPS) is 11.8. The molecular weight excluding hydrogens is 314 g/mol. The highest BCUT2D eigenvalue weighted by Crippen LogP contribution is 2.32. The van der Waals surface area contributed by atoms with Crippen molar-refractivity contribution >= 4 is 52.4 Å². The topological polar surface area (TPSA) is 78.4 Å². The Labute approximate surface area is 124 Å². The first-order valence-corrected chi connectivity index (χ1v) is 6.33. The number of anilines is 1. The first-order valence-electron chi connectivity index (χ1n) is 5.19. The minimum atomic E-state index is -1.15. The number of carbonyl (C=O) groups is 2. The summed E-state index contributed by atoms with van der Waals surface area (Å²) >= 11 is 17.5. The number of amides is 1. The lowest BCUT2D eigenvalue weighted by molar-refractivity contribution is -0.141. The lowest BCUT2D eigenvalue weighted by Crippen LogP contribution is -2.44. The summed E-state index contributed by atoms with van der Waals surface area (Å²) in [6.07, 6.45) is 0. The number of nitrogens with one attached hydrogen (secondary N) is 2. The minimum absolute atomic E-state index is 0.0351. The average molecular weight is 326 g/mol. The third kappa shape index (κ3) is 4.78. The van der Waals surface area contributed by atoms with Crippen molar-refractivity contribution in [3.63, 3.8) is 0 Å². The molecule has 0 bridgehead atoms. The Kier molecular flexibility index (Phi) is 5.72. The van der Waals surface area contributed by atoms with Crippen molar-refractivity contribution in [2.45, 2.75) is 13.0 Å². The van der Waals surface area contributed by atoms with Gasteiger partial charge in [-0.2, -0.15) is 0 Å². The van der Waals surface area contributed by atoms with Crippen LogP contribution < -0.4 is 10.6 Å². The van der Waals surface area contributed by atoms with Gasteiger partial charge < -0.3 is 15.7 Å². The molecule has 0 aliphatic heterocycles. The third-order valence-electron chi connectivity index (χ3n) is 2.18. The molecule has 1 atom stereocenters. The summed E-state index contributed by atoms with van der Waals surface area (Å²) in [7, 11) is 0. The number of carboxylic acid groups (broad SMARTS) is 1. The highest BCUT2D eigenvalue weighted by Gasteiger charge is 2.18. The quantitative estimate of drug-likeness (QED) is 0.727. The predicted molar refractivity (Wildman–Crippen MR) is 75.2 cm³/mol. The Bertz CT molecular complexity index is 508. The molecule has 0 spiro atoms. The molecule has 3 N–H and O–H groups in total. The van der Waals surface area contributed by atoms with Crippen LogP contribution >= 0.6 is 34.8 Å². The van der Waals surface area contributed by atoms with Gasteiger partial charge in [0.2, 0.25) is 5.91 Å². The van der Waals surface area contributed by atoms with Crippen molar-refractivity contribution < 1.29 is 14.7 Å². The monoisotopic (exact) mass is 324 g/mol. The van der Waals surface area contributed by atoms with Crippen molar-refractivity contribution in [2.24, 2.45) is 0 Å². The van der Waals surface area contributed by atoms with E-state index in [0.717, 1.165) is 0 Å². The first kappa shape index (κ1) is 15.9. The highest BCUT2D eigenvalue weighted by molar-refractivity contribution is 6.44. The number of aliphatic carboxylic acids is 1. The molecule has 0 aliphatic carbocycles. The van der Waals surface area contributed by atoms with E-state index < -0.39 is 17.9 Å². The predicted octanol–water partition coefficient (Wildman–Crippen LogP) is 2.65. The summed E-state index contributed by atoms with van der Waals surface area (Å²) in [5.41, 5.74) is 0.438. The van der Waals surface area contributed by atoms with Gasteiger partial charge in [-0.1, -0.05) is 34.8 Å². The smallest absolute Gasteiger partial charge is 0.328 e. The second-order valence-electron chi connectivity index (χ2n) is 3.72. The van der Waals surface area contributed by atoms with Crippen LogP contribution in [0.2, 0.25) is 15.1 Å². The zero-order valence-corrected chi connectivity index (χ0v) is 12.1. The molecule has 0 radical (unpaired) electrons. The van der Waals surface area contributed by atoms with Crippen molar-refractivity contribution in [1.29, 1.82) is 0 Å². The Balaban J connectivity index is 2.77. The van der Waals surface area contributed by atoms with Gasteiger partial charge >= 0.3 is 5.97 Å². The number of benzene rings is 1. The van der Waals surface area contributed by atoms with Gasteiger partial charge in [-0.15, -0.1) is 0 Å². The van der Waals surface area contributed by atoms with E-state index in [9.17, 15) is 9.59 Å². The van der Waals surface area contributed by atoms with E-state index in [0.29, 0.717) is 20.8 Å². The van der Waals surface area contributed by atoms with Crippen molar-refractivity contribution in [2.75, 3.05) is 11.9 Å². The van der Waals surface area contributed by atoms with Gasteiger partial charge in [0.15, 0.2) is 0 Å². The van der Waals surface area contributed by atoms with Gasteiger partial charge in [0.05, 0.1) is 20.8 Å². The number of rotatable bonds is 5. The molecular formula is C11H11Cl3N2O3. The molecule has 5 nitrogen and oxygen atoms in total. The van der Waals surface area contributed by atoms with E-state index in [1.54, 1.807) is 0 Å². The fourth-order valence-electron chi connectivity index (χ4n) is 1.32. The molecule has 1 aromatic rings. The van der Waals surface area contributed by atoms with Crippen molar-refractivity contribution in [3.8, 4) is 0 Å². The van der Waals surface area contributed by atoms with E-state index in [-0.39, 0.29) is 6.54 Å². The molecule has 1 amide bonds. The molecule has 1 aromatic carbocycles. The molecule has 0 aliphatic rings. The van der Waals surface area contributed by atoms with E-state index in [4.69, 9.17) is 39.9 Å². The summed E-state index contributed by atoms with van der Waals surface area (Å²) in [5, 5.41) is 14.9. The van der Waals surface area contributed by atoms with Gasteiger partial charge in [0.1, 0.15) is 6.04 Å². The lowest BCUT2D eigenvalue weighted by Gasteiger charge is -2.16. The van der Waals surface area contributed by atoms with Crippen LogP contribution in [0.25, 0.3) is 0 Å². The van der Waals surface area contributed by atoms with Gasteiger partial charge in [-0.3, -0.25) is 4.79 Å². The molecule has 8 heteroatoms. The number of halogens is 3. The summed E-state index contributed by atoms with van der Waals surface area (Å²) in [6, 6.07) is 1.86. The lowest BCUT2D eigenvalue weighted by atomic mass is 10.2. The number of carboxylic acids is 1. The highest BCUT2D eigenvalue weighted by atomic mass is 35.5. The fraction of sp³-hybridized carbons (Fsp3) is 0.273. The van der Waals surface area contributed by atoms with Crippen molar-refractivity contribution in [1.82, 2.24) is 5.32 Å². The molecule has 0 fully saturated rings. The van der Waals surface area contributed by atoms with E-state index in [1.807, 2.05) is 0 Å². The van der Waals surface area contributed by atoms with Gasteiger partial charge in [0, 0.05) is 13.5 Å². The summed E-state index contributed by atoms with van der Waals surface area (Å²) in [5.74, 6) is -1.59. The first-order chi connectivity index (χ1) is 8.81. The maximum Gasteiger partial charge on any atom is 0.328 e.